The molecule has 1 amide bonds. The van der Waals surface area contributed by atoms with E-state index in [0.29, 0.717) is 17.7 Å². The Kier molecular flexibility index (Phi) is 7.34. The molecule has 1 atom stereocenters. The standard InChI is InChI=1S/C27H26FN3O3/c1-34-24-13-11-23(12-14-24)31-26(20-8-5-9-21(28)16-20)17-22(30-31)10-15-27(33)29-25(18-32)19-6-3-2-4-7-19/h2-9,11-14,16-17,25,32H,10,15,18H2,1H3,(H,29,33). The first-order chi connectivity index (χ1) is 16.6. The van der Waals surface area contributed by atoms with Gasteiger partial charge in [-0.25, -0.2) is 9.07 Å². The van der Waals surface area contributed by atoms with E-state index in [9.17, 15) is 14.3 Å². The molecule has 6 nitrogen and oxygen atoms in total. The molecular weight excluding hydrogens is 433 g/mol. The first-order valence-corrected chi connectivity index (χ1v) is 11.0. The normalized spacial score (nSPS) is 11.7. The molecule has 1 aromatic heterocycles. The van der Waals surface area contributed by atoms with Gasteiger partial charge in [0, 0.05) is 18.4 Å². The number of aryl methyl sites for hydroxylation is 1. The molecule has 0 saturated carbocycles. The van der Waals surface area contributed by atoms with Gasteiger partial charge < -0.3 is 15.2 Å². The minimum atomic E-state index is -0.464. The third-order valence-electron chi connectivity index (χ3n) is 5.53. The van der Waals surface area contributed by atoms with Crippen LogP contribution in [0.1, 0.15) is 23.7 Å². The number of methoxy groups -OCH3 is 1. The van der Waals surface area contributed by atoms with Crippen molar-refractivity contribution in [2.75, 3.05) is 13.7 Å². The molecule has 0 spiro atoms. The topological polar surface area (TPSA) is 76.4 Å². The molecule has 0 aliphatic heterocycles. The van der Waals surface area contributed by atoms with E-state index in [0.717, 1.165) is 22.7 Å². The van der Waals surface area contributed by atoms with Crippen LogP contribution in [0.4, 0.5) is 4.39 Å². The van der Waals surface area contributed by atoms with Crippen molar-refractivity contribution in [3.63, 3.8) is 0 Å². The van der Waals surface area contributed by atoms with Gasteiger partial charge >= 0.3 is 0 Å². The number of aliphatic hydroxyl groups is 1. The highest BCUT2D eigenvalue weighted by Gasteiger charge is 2.16. The van der Waals surface area contributed by atoms with Crippen molar-refractivity contribution in [3.8, 4) is 22.7 Å². The van der Waals surface area contributed by atoms with Crippen molar-refractivity contribution in [1.82, 2.24) is 15.1 Å². The molecule has 1 unspecified atom stereocenters. The zero-order valence-electron chi connectivity index (χ0n) is 18.8. The molecule has 34 heavy (non-hydrogen) atoms. The largest absolute Gasteiger partial charge is 0.497 e. The molecule has 3 aromatic carbocycles. The summed E-state index contributed by atoms with van der Waals surface area (Å²) in [5.41, 5.74) is 3.74. The van der Waals surface area contributed by atoms with Gasteiger partial charge in [-0.2, -0.15) is 5.10 Å². The summed E-state index contributed by atoms with van der Waals surface area (Å²) in [6, 6.07) is 24.5. The number of hydrogen-bond donors (Lipinski definition) is 2. The van der Waals surface area contributed by atoms with Crippen LogP contribution in [0.2, 0.25) is 0 Å². The zero-order chi connectivity index (χ0) is 23.9. The number of carbonyl (C=O) groups excluding carboxylic acids is 1. The number of nitrogens with zero attached hydrogens (tertiary/aromatic N) is 2. The second kappa shape index (κ2) is 10.8. The molecule has 0 bridgehead atoms. The van der Waals surface area contributed by atoms with Crippen LogP contribution in [0.15, 0.2) is 84.9 Å². The zero-order valence-corrected chi connectivity index (χ0v) is 18.8. The van der Waals surface area contributed by atoms with Crippen LogP contribution in [-0.4, -0.2) is 34.5 Å². The van der Waals surface area contributed by atoms with Crippen molar-refractivity contribution in [2.24, 2.45) is 0 Å². The quantitative estimate of drug-likeness (QED) is 0.387. The second-order valence-electron chi connectivity index (χ2n) is 7.85. The van der Waals surface area contributed by atoms with E-state index < -0.39 is 6.04 Å². The predicted molar refractivity (Wildman–Crippen MR) is 128 cm³/mol. The van der Waals surface area contributed by atoms with Crippen LogP contribution in [0.3, 0.4) is 0 Å². The van der Waals surface area contributed by atoms with Crippen molar-refractivity contribution in [2.45, 2.75) is 18.9 Å². The maximum atomic E-state index is 13.9. The highest BCUT2D eigenvalue weighted by atomic mass is 19.1. The lowest BCUT2D eigenvalue weighted by Gasteiger charge is -2.16. The first kappa shape index (κ1) is 23.2. The van der Waals surface area contributed by atoms with E-state index in [1.807, 2.05) is 66.7 Å². The predicted octanol–water partition coefficient (Wildman–Crippen LogP) is 4.47. The minimum Gasteiger partial charge on any atom is -0.497 e. The van der Waals surface area contributed by atoms with E-state index in [4.69, 9.17) is 9.84 Å². The van der Waals surface area contributed by atoms with Gasteiger partial charge in [-0.3, -0.25) is 4.79 Å². The summed E-state index contributed by atoms with van der Waals surface area (Å²) in [4.78, 5) is 12.6. The highest BCUT2D eigenvalue weighted by molar-refractivity contribution is 5.76. The number of aromatic nitrogens is 2. The van der Waals surface area contributed by atoms with Crippen LogP contribution < -0.4 is 10.1 Å². The monoisotopic (exact) mass is 459 g/mol. The Bertz CT molecular complexity index is 1240. The Morgan fingerprint density at radius 3 is 2.50 bits per heavy atom. The number of benzene rings is 3. The number of nitrogens with one attached hydrogen (secondary N) is 1. The summed E-state index contributed by atoms with van der Waals surface area (Å²) < 4.78 is 20.9. The fourth-order valence-electron chi connectivity index (χ4n) is 3.75. The average molecular weight is 460 g/mol. The summed E-state index contributed by atoms with van der Waals surface area (Å²) in [6.07, 6.45) is 0.593. The van der Waals surface area contributed by atoms with Crippen LogP contribution in [0.25, 0.3) is 16.9 Å². The van der Waals surface area contributed by atoms with E-state index in [2.05, 4.69) is 5.32 Å². The Labute approximate surface area is 197 Å². The van der Waals surface area contributed by atoms with Crippen molar-refractivity contribution >= 4 is 5.91 Å². The maximum Gasteiger partial charge on any atom is 0.220 e. The van der Waals surface area contributed by atoms with E-state index in [-0.39, 0.29) is 24.8 Å². The fraction of sp³-hybridized carbons (Fsp3) is 0.185. The van der Waals surface area contributed by atoms with Gasteiger partial charge in [0.15, 0.2) is 0 Å². The third kappa shape index (κ3) is 5.50. The van der Waals surface area contributed by atoms with E-state index in [1.165, 1.54) is 12.1 Å². The van der Waals surface area contributed by atoms with Gasteiger partial charge in [-0.15, -0.1) is 0 Å². The second-order valence-corrected chi connectivity index (χ2v) is 7.85. The SMILES string of the molecule is COc1ccc(-n2nc(CCC(=O)NC(CO)c3ccccc3)cc2-c2cccc(F)c2)cc1. The van der Waals surface area contributed by atoms with Gasteiger partial charge in [0.1, 0.15) is 11.6 Å². The average Bonchev–Trinajstić information content (AvgIpc) is 3.31. The Morgan fingerprint density at radius 2 is 1.82 bits per heavy atom. The molecule has 0 radical (unpaired) electrons. The molecule has 0 aliphatic carbocycles. The van der Waals surface area contributed by atoms with Gasteiger partial charge in [0.2, 0.25) is 5.91 Å². The van der Waals surface area contributed by atoms with Crippen molar-refractivity contribution in [3.05, 3.63) is 102 Å². The summed E-state index contributed by atoms with van der Waals surface area (Å²) >= 11 is 0. The number of halogens is 1. The molecule has 0 saturated heterocycles. The number of aliphatic hydroxyl groups excluding tert-OH is 1. The minimum absolute atomic E-state index is 0.186. The molecule has 7 heteroatoms. The molecule has 0 aliphatic rings. The summed E-state index contributed by atoms with van der Waals surface area (Å²) in [5.74, 6) is 0.197. The third-order valence-corrected chi connectivity index (χ3v) is 5.53. The molecule has 4 rings (SSSR count). The van der Waals surface area contributed by atoms with Crippen LogP contribution in [0.5, 0.6) is 5.75 Å². The number of rotatable bonds is 9. The smallest absolute Gasteiger partial charge is 0.220 e. The Hall–Kier alpha value is -3.97. The van der Waals surface area contributed by atoms with Gasteiger partial charge in [-0.1, -0.05) is 42.5 Å². The maximum absolute atomic E-state index is 13.9. The van der Waals surface area contributed by atoms with E-state index in [1.54, 1.807) is 17.9 Å². The Balaban J connectivity index is 1.54. The van der Waals surface area contributed by atoms with Crippen LogP contribution in [0, 0.1) is 5.82 Å². The first-order valence-electron chi connectivity index (χ1n) is 11.0. The number of hydrogen-bond acceptors (Lipinski definition) is 4. The lowest BCUT2D eigenvalue weighted by Crippen LogP contribution is -2.30. The summed E-state index contributed by atoms with van der Waals surface area (Å²) in [7, 11) is 1.60. The molecule has 4 aromatic rings. The summed E-state index contributed by atoms with van der Waals surface area (Å²) in [5, 5.41) is 17.3. The van der Waals surface area contributed by atoms with Crippen molar-refractivity contribution < 1.29 is 19.0 Å². The number of ether oxygens (including phenoxy) is 1. The molecular formula is C27H26FN3O3. The number of carbonyl (C=O) groups is 1. The molecule has 1 heterocycles. The van der Waals surface area contributed by atoms with Gasteiger partial charge in [0.05, 0.1) is 36.8 Å². The lowest BCUT2D eigenvalue weighted by molar-refractivity contribution is -0.122. The lowest BCUT2D eigenvalue weighted by atomic mass is 10.1. The molecule has 0 fully saturated rings. The summed E-state index contributed by atoms with van der Waals surface area (Å²) in [6.45, 7) is -0.189. The molecule has 174 valence electrons. The van der Waals surface area contributed by atoms with E-state index >= 15 is 0 Å². The number of amides is 1. The van der Waals surface area contributed by atoms with Gasteiger partial charge in [0.25, 0.3) is 0 Å². The molecule has 2 N–H and O–H groups in total. The Morgan fingerprint density at radius 1 is 1.06 bits per heavy atom. The van der Waals surface area contributed by atoms with Crippen LogP contribution >= 0.6 is 0 Å². The van der Waals surface area contributed by atoms with Gasteiger partial charge in [-0.05, 0) is 48.0 Å². The van der Waals surface area contributed by atoms with Crippen molar-refractivity contribution in [1.29, 1.82) is 0 Å². The highest BCUT2D eigenvalue weighted by Crippen LogP contribution is 2.26. The van der Waals surface area contributed by atoms with Crippen LogP contribution in [-0.2, 0) is 11.2 Å². The fourth-order valence-corrected chi connectivity index (χ4v) is 3.75.